The summed E-state index contributed by atoms with van der Waals surface area (Å²) in [6, 6.07) is 5.43. The quantitative estimate of drug-likeness (QED) is 0.825. The fraction of sp³-hybridized carbons (Fsp3) is 0.429. The number of benzene rings is 1. The van der Waals surface area contributed by atoms with Crippen molar-refractivity contribution in [3.8, 4) is 0 Å². The molecule has 1 heterocycles. The third-order valence-corrected chi connectivity index (χ3v) is 4.21. The first-order valence-electron chi connectivity index (χ1n) is 6.59. The van der Waals surface area contributed by atoms with Crippen molar-refractivity contribution in [3.63, 3.8) is 0 Å². The van der Waals surface area contributed by atoms with E-state index in [0.717, 1.165) is 18.4 Å². The van der Waals surface area contributed by atoms with E-state index in [-0.39, 0.29) is 11.9 Å². The van der Waals surface area contributed by atoms with E-state index >= 15 is 0 Å². The fourth-order valence-electron chi connectivity index (χ4n) is 2.30. The maximum Gasteiger partial charge on any atom is 0.321 e. The molecular weight excluding hydrogens is 294 g/mol. The number of piperidine rings is 1. The smallest absolute Gasteiger partial charge is 0.321 e. The van der Waals surface area contributed by atoms with Crippen LogP contribution in [-0.4, -0.2) is 29.0 Å². The van der Waals surface area contributed by atoms with E-state index in [0.29, 0.717) is 28.8 Å². The molecule has 1 aliphatic rings. The Bertz CT molecular complexity index is 527. The first kappa shape index (κ1) is 15.1. The highest BCUT2D eigenvalue weighted by Crippen LogP contribution is 2.24. The van der Waals surface area contributed by atoms with Crippen LogP contribution in [0.15, 0.2) is 18.2 Å². The Kier molecular flexibility index (Phi) is 4.83. The monoisotopic (exact) mass is 311 g/mol. The standard InChI is InChI=1S/C14H18ClN3OS/c1-9-2-3-11(15)12(8-9)17-14(19)18-6-4-10(5-7-18)13(16)20/h2-3,8,10H,4-7H2,1H3,(H2,16,20)(H,17,19). The highest BCUT2D eigenvalue weighted by Gasteiger charge is 2.24. The molecular formula is C14H18ClN3OS. The van der Waals surface area contributed by atoms with E-state index in [9.17, 15) is 4.79 Å². The molecule has 1 fully saturated rings. The molecule has 0 atom stereocenters. The van der Waals surface area contributed by atoms with Crippen LogP contribution in [0.4, 0.5) is 10.5 Å². The Labute approximate surface area is 129 Å². The van der Waals surface area contributed by atoms with Crippen LogP contribution in [0.25, 0.3) is 0 Å². The molecule has 0 aliphatic carbocycles. The zero-order valence-electron chi connectivity index (χ0n) is 11.4. The van der Waals surface area contributed by atoms with E-state index in [2.05, 4.69) is 5.32 Å². The lowest BCUT2D eigenvalue weighted by atomic mass is 9.97. The van der Waals surface area contributed by atoms with Gasteiger partial charge in [-0.1, -0.05) is 29.9 Å². The number of carbonyl (C=O) groups is 1. The Morgan fingerprint density at radius 1 is 1.45 bits per heavy atom. The topological polar surface area (TPSA) is 58.4 Å². The van der Waals surface area contributed by atoms with Gasteiger partial charge in [0.05, 0.1) is 15.7 Å². The third kappa shape index (κ3) is 3.61. The van der Waals surface area contributed by atoms with Gasteiger partial charge in [-0.25, -0.2) is 4.79 Å². The van der Waals surface area contributed by atoms with E-state index < -0.39 is 0 Å². The highest BCUT2D eigenvalue weighted by molar-refractivity contribution is 7.80. The molecule has 2 rings (SSSR count). The van der Waals surface area contributed by atoms with Crippen molar-refractivity contribution in [2.45, 2.75) is 19.8 Å². The summed E-state index contributed by atoms with van der Waals surface area (Å²) >= 11 is 11.1. The molecule has 0 unspecified atom stereocenters. The van der Waals surface area contributed by atoms with Gasteiger partial charge in [-0.15, -0.1) is 0 Å². The number of urea groups is 1. The van der Waals surface area contributed by atoms with Gasteiger partial charge < -0.3 is 16.0 Å². The average Bonchev–Trinajstić information content (AvgIpc) is 2.43. The van der Waals surface area contributed by atoms with Crippen molar-refractivity contribution >= 4 is 40.5 Å². The number of carbonyl (C=O) groups excluding carboxylic acids is 1. The second-order valence-electron chi connectivity index (χ2n) is 5.08. The summed E-state index contributed by atoms with van der Waals surface area (Å²) in [5.74, 6) is 0.247. The van der Waals surface area contributed by atoms with Crippen molar-refractivity contribution in [1.82, 2.24) is 4.90 Å². The third-order valence-electron chi connectivity index (χ3n) is 3.55. The molecule has 2 amide bonds. The lowest BCUT2D eigenvalue weighted by Crippen LogP contribution is -2.43. The number of hydrogen-bond donors (Lipinski definition) is 2. The van der Waals surface area contributed by atoms with Gasteiger partial charge in [0, 0.05) is 19.0 Å². The van der Waals surface area contributed by atoms with Crippen LogP contribution in [0, 0.1) is 12.8 Å². The molecule has 20 heavy (non-hydrogen) atoms. The summed E-state index contributed by atoms with van der Waals surface area (Å²) < 4.78 is 0. The SMILES string of the molecule is Cc1ccc(Cl)c(NC(=O)N2CCC(C(N)=S)CC2)c1. The molecule has 1 aliphatic heterocycles. The zero-order chi connectivity index (χ0) is 14.7. The molecule has 0 spiro atoms. The van der Waals surface area contributed by atoms with Crippen LogP contribution in [0.3, 0.4) is 0 Å². The number of hydrogen-bond acceptors (Lipinski definition) is 2. The maximum absolute atomic E-state index is 12.2. The average molecular weight is 312 g/mol. The fourth-order valence-corrected chi connectivity index (χ4v) is 2.70. The van der Waals surface area contributed by atoms with E-state index in [4.69, 9.17) is 29.6 Å². The summed E-state index contributed by atoms with van der Waals surface area (Å²) in [5, 5.41) is 3.40. The number of aryl methyl sites for hydroxylation is 1. The van der Waals surface area contributed by atoms with Gasteiger partial charge in [0.1, 0.15) is 0 Å². The molecule has 0 saturated carbocycles. The molecule has 3 N–H and O–H groups in total. The second-order valence-corrected chi connectivity index (χ2v) is 5.96. The van der Waals surface area contributed by atoms with Gasteiger partial charge in [-0.05, 0) is 37.5 Å². The van der Waals surface area contributed by atoms with Gasteiger partial charge in [0.25, 0.3) is 0 Å². The lowest BCUT2D eigenvalue weighted by molar-refractivity contribution is 0.193. The predicted octanol–water partition coefficient (Wildman–Crippen LogP) is 3.18. The first-order chi connectivity index (χ1) is 9.47. The number of likely N-dealkylation sites (tertiary alicyclic amines) is 1. The number of rotatable bonds is 2. The van der Waals surface area contributed by atoms with Crippen molar-refractivity contribution in [2.24, 2.45) is 11.7 Å². The van der Waals surface area contributed by atoms with E-state index in [1.807, 2.05) is 19.1 Å². The van der Waals surface area contributed by atoms with Gasteiger partial charge >= 0.3 is 6.03 Å². The number of thiocarbonyl (C=S) groups is 1. The number of amides is 2. The number of halogens is 1. The minimum Gasteiger partial charge on any atom is -0.393 e. The minimum absolute atomic E-state index is 0.126. The van der Waals surface area contributed by atoms with Crippen molar-refractivity contribution in [2.75, 3.05) is 18.4 Å². The lowest BCUT2D eigenvalue weighted by Gasteiger charge is -2.31. The Morgan fingerprint density at radius 3 is 2.70 bits per heavy atom. The van der Waals surface area contributed by atoms with Crippen molar-refractivity contribution in [1.29, 1.82) is 0 Å². The molecule has 1 aromatic carbocycles. The van der Waals surface area contributed by atoms with Crippen LogP contribution in [0.2, 0.25) is 5.02 Å². The second kappa shape index (κ2) is 6.41. The molecule has 0 aromatic heterocycles. The molecule has 6 heteroatoms. The Morgan fingerprint density at radius 2 is 2.10 bits per heavy atom. The van der Waals surface area contributed by atoms with Crippen molar-refractivity contribution < 1.29 is 4.79 Å². The van der Waals surface area contributed by atoms with Gasteiger partial charge in [0.15, 0.2) is 0 Å². The van der Waals surface area contributed by atoms with Gasteiger partial charge in [0.2, 0.25) is 0 Å². The van der Waals surface area contributed by atoms with E-state index in [1.165, 1.54) is 0 Å². The first-order valence-corrected chi connectivity index (χ1v) is 7.37. The largest absolute Gasteiger partial charge is 0.393 e. The molecule has 0 radical (unpaired) electrons. The summed E-state index contributed by atoms with van der Waals surface area (Å²) in [7, 11) is 0. The summed E-state index contributed by atoms with van der Waals surface area (Å²) in [5.41, 5.74) is 7.34. The Balaban J connectivity index is 1.96. The van der Waals surface area contributed by atoms with Crippen LogP contribution < -0.4 is 11.1 Å². The molecule has 0 bridgehead atoms. The van der Waals surface area contributed by atoms with Crippen LogP contribution in [0.1, 0.15) is 18.4 Å². The van der Waals surface area contributed by atoms with Crippen LogP contribution in [0.5, 0.6) is 0 Å². The summed E-state index contributed by atoms with van der Waals surface area (Å²) in [4.78, 5) is 14.5. The van der Waals surface area contributed by atoms with Crippen LogP contribution in [-0.2, 0) is 0 Å². The molecule has 1 aromatic rings. The van der Waals surface area contributed by atoms with Crippen LogP contribution >= 0.6 is 23.8 Å². The molecule has 1 saturated heterocycles. The zero-order valence-corrected chi connectivity index (χ0v) is 12.9. The molecule has 4 nitrogen and oxygen atoms in total. The number of anilines is 1. The normalized spacial score (nSPS) is 16.0. The number of nitrogens with zero attached hydrogens (tertiary/aromatic N) is 1. The predicted molar refractivity (Wildman–Crippen MR) is 86.3 cm³/mol. The van der Waals surface area contributed by atoms with Gasteiger partial charge in [-0.3, -0.25) is 0 Å². The highest BCUT2D eigenvalue weighted by atomic mass is 35.5. The Hall–Kier alpha value is -1.33. The van der Waals surface area contributed by atoms with Crippen molar-refractivity contribution in [3.05, 3.63) is 28.8 Å². The minimum atomic E-state index is -0.126. The number of nitrogens with two attached hydrogens (primary N) is 1. The van der Waals surface area contributed by atoms with E-state index in [1.54, 1.807) is 11.0 Å². The summed E-state index contributed by atoms with van der Waals surface area (Å²) in [6.45, 7) is 3.29. The number of nitrogens with one attached hydrogen (secondary N) is 1. The summed E-state index contributed by atoms with van der Waals surface area (Å²) in [6.07, 6.45) is 1.65. The maximum atomic E-state index is 12.2. The van der Waals surface area contributed by atoms with Gasteiger partial charge in [-0.2, -0.15) is 0 Å². The molecule has 108 valence electrons.